The number of nitrogens with one attached hydrogen (secondary N) is 1. The first-order valence-corrected chi connectivity index (χ1v) is 6.05. The average molecular weight is 242 g/mol. The van der Waals surface area contributed by atoms with Crippen molar-refractivity contribution in [1.29, 1.82) is 0 Å². The minimum absolute atomic E-state index is 0.682. The van der Waals surface area contributed by atoms with Gasteiger partial charge in [-0.25, -0.2) is 0 Å². The van der Waals surface area contributed by atoms with Crippen molar-refractivity contribution in [2.24, 2.45) is 0 Å². The molecule has 0 aliphatic carbocycles. The first-order valence-electron chi connectivity index (χ1n) is 6.05. The number of benzene rings is 2. The maximum Gasteiger partial charge on any atom is 0.119 e. The van der Waals surface area contributed by atoms with Crippen LogP contribution in [0.4, 0.5) is 17.1 Å². The van der Waals surface area contributed by atoms with Gasteiger partial charge in [-0.1, -0.05) is 6.07 Å². The second kappa shape index (κ2) is 5.45. The monoisotopic (exact) mass is 242 g/mol. The van der Waals surface area contributed by atoms with Crippen LogP contribution in [0.3, 0.4) is 0 Å². The predicted octanol–water partition coefficient (Wildman–Crippen LogP) is 3.72. The zero-order chi connectivity index (χ0) is 13.0. The Morgan fingerprint density at radius 3 is 2.33 bits per heavy atom. The van der Waals surface area contributed by atoms with Gasteiger partial charge in [-0.15, -0.1) is 0 Å². The molecule has 2 aromatic rings. The summed E-state index contributed by atoms with van der Waals surface area (Å²) in [6, 6.07) is 13.8. The van der Waals surface area contributed by atoms with Crippen LogP contribution in [0, 0.1) is 6.92 Å². The van der Waals surface area contributed by atoms with Crippen LogP contribution < -0.4 is 15.8 Å². The molecule has 0 bridgehead atoms. The summed E-state index contributed by atoms with van der Waals surface area (Å²) in [5, 5.41) is 3.31. The number of aryl methyl sites for hydroxylation is 1. The Morgan fingerprint density at radius 2 is 1.72 bits per heavy atom. The van der Waals surface area contributed by atoms with Gasteiger partial charge in [0.2, 0.25) is 0 Å². The first kappa shape index (κ1) is 12.3. The highest BCUT2D eigenvalue weighted by atomic mass is 16.5. The maximum absolute atomic E-state index is 5.88. The molecule has 0 radical (unpaired) electrons. The molecule has 0 fully saturated rings. The largest absolute Gasteiger partial charge is 0.494 e. The summed E-state index contributed by atoms with van der Waals surface area (Å²) in [5.74, 6) is 0.881. The summed E-state index contributed by atoms with van der Waals surface area (Å²) in [6.07, 6.45) is 0. The first-order chi connectivity index (χ1) is 8.69. The topological polar surface area (TPSA) is 47.3 Å². The fourth-order valence-corrected chi connectivity index (χ4v) is 1.69. The zero-order valence-electron chi connectivity index (χ0n) is 10.7. The van der Waals surface area contributed by atoms with Gasteiger partial charge in [0.25, 0.3) is 0 Å². The molecule has 0 atom stereocenters. The van der Waals surface area contributed by atoms with Gasteiger partial charge in [-0.3, -0.25) is 0 Å². The van der Waals surface area contributed by atoms with E-state index in [1.165, 1.54) is 0 Å². The third kappa shape index (κ3) is 2.94. The molecule has 0 aliphatic heterocycles. The van der Waals surface area contributed by atoms with Crippen molar-refractivity contribution >= 4 is 17.1 Å². The van der Waals surface area contributed by atoms with Crippen LogP contribution >= 0.6 is 0 Å². The number of nitrogen functional groups attached to an aromatic ring is 1. The highest BCUT2D eigenvalue weighted by molar-refractivity contribution is 5.65. The molecular formula is C15H18N2O. The molecule has 0 saturated carbocycles. The van der Waals surface area contributed by atoms with Crippen molar-refractivity contribution in [3.8, 4) is 5.75 Å². The van der Waals surface area contributed by atoms with E-state index in [9.17, 15) is 0 Å². The number of ether oxygens (including phenoxy) is 1. The molecule has 0 amide bonds. The number of nitrogens with two attached hydrogens (primary N) is 1. The molecule has 0 heterocycles. The van der Waals surface area contributed by atoms with E-state index < -0.39 is 0 Å². The summed E-state index contributed by atoms with van der Waals surface area (Å²) in [5.41, 5.74) is 9.77. The van der Waals surface area contributed by atoms with Crippen molar-refractivity contribution in [2.75, 3.05) is 17.7 Å². The summed E-state index contributed by atoms with van der Waals surface area (Å²) >= 11 is 0. The Bertz CT molecular complexity index is 521. The van der Waals surface area contributed by atoms with Crippen molar-refractivity contribution in [3.05, 3.63) is 48.0 Å². The Balaban J connectivity index is 2.10. The van der Waals surface area contributed by atoms with Gasteiger partial charge in [-0.05, 0) is 55.8 Å². The molecule has 3 N–H and O–H groups in total. The van der Waals surface area contributed by atoms with Crippen LogP contribution in [0.25, 0.3) is 0 Å². The van der Waals surface area contributed by atoms with E-state index in [2.05, 4.69) is 5.32 Å². The zero-order valence-corrected chi connectivity index (χ0v) is 10.7. The number of hydrogen-bond donors (Lipinski definition) is 2. The normalized spacial score (nSPS) is 10.1. The molecule has 94 valence electrons. The van der Waals surface area contributed by atoms with Crippen molar-refractivity contribution in [1.82, 2.24) is 0 Å². The fourth-order valence-electron chi connectivity index (χ4n) is 1.69. The van der Waals surface area contributed by atoms with Crippen LogP contribution in [-0.2, 0) is 0 Å². The number of rotatable bonds is 4. The quantitative estimate of drug-likeness (QED) is 0.803. The molecule has 18 heavy (non-hydrogen) atoms. The molecule has 2 rings (SSSR count). The standard InChI is InChI=1S/C15H18N2O/c1-3-18-14-8-6-12(7-9-14)17-13-5-4-11(2)15(16)10-13/h4-10,17H,3,16H2,1-2H3. The van der Waals surface area contributed by atoms with E-state index in [4.69, 9.17) is 10.5 Å². The van der Waals surface area contributed by atoms with Gasteiger partial charge >= 0.3 is 0 Å². The van der Waals surface area contributed by atoms with Gasteiger partial charge in [0.15, 0.2) is 0 Å². The molecule has 0 aliphatic rings. The van der Waals surface area contributed by atoms with E-state index in [1.807, 2.05) is 56.3 Å². The summed E-state index contributed by atoms with van der Waals surface area (Å²) in [6.45, 7) is 4.65. The van der Waals surface area contributed by atoms with Crippen molar-refractivity contribution in [2.45, 2.75) is 13.8 Å². The van der Waals surface area contributed by atoms with Crippen molar-refractivity contribution in [3.63, 3.8) is 0 Å². The molecule has 2 aromatic carbocycles. The van der Waals surface area contributed by atoms with Gasteiger partial charge in [0, 0.05) is 17.1 Å². The Labute approximate surface area is 108 Å². The predicted molar refractivity (Wildman–Crippen MR) is 76.5 cm³/mol. The van der Waals surface area contributed by atoms with Crippen LogP contribution in [-0.4, -0.2) is 6.61 Å². The summed E-state index contributed by atoms with van der Waals surface area (Å²) < 4.78 is 5.40. The molecule has 3 heteroatoms. The Morgan fingerprint density at radius 1 is 1.06 bits per heavy atom. The molecule has 0 unspecified atom stereocenters. The Hall–Kier alpha value is -2.16. The lowest BCUT2D eigenvalue weighted by atomic mass is 10.2. The third-order valence-corrected chi connectivity index (χ3v) is 2.73. The molecular weight excluding hydrogens is 224 g/mol. The summed E-state index contributed by atoms with van der Waals surface area (Å²) in [4.78, 5) is 0. The minimum atomic E-state index is 0.682. The van der Waals surface area contributed by atoms with E-state index in [0.717, 1.165) is 28.4 Å². The van der Waals surface area contributed by atoms with Gasteiger partial charge < -0.3 is 15.8 Å². The van der Waals surface area contributed by atoms with E-state index >= 15 is 0 Å². The van der Waals surface area contributed by atoms with Crippen LogP contribution in [0.2, 0.25) is 0 Å². The van der Waals surface area contributed by atoms with Crippen LogP contribution in [0.5, 0.6) is 5.75 Å². The van der Waals surface area contributed by atoms with E-state index in [0.29, 0.717) is 6.61 Å². The Kier molecular flexibility index (Phi) is 3.72. The van der Waals surface area contributed by atoms with Gasteiger partial charge in [-0.2, -0.15) is 0 Å². The second-order valence-corrected chi connectivity index (χ2v) is 4.15. The molecule has 0 saturated heterocycles. The van der Waals surface area contributed by atoms with Gasteiger partial charge in [0.1, 0.15) is 5.75 Å². The average Bonchev–Trinajstić information content (AvgIpc) is 2.37. The lowest BCUT2D eigenvalue weighted by molar-refractivity contribution is 0.340. The minimum Gasteiger partial charge on any atom is -0.494 e. The van der Waals surface area contributed by atoms with Crippen molar-refractivity contribution < 1.29 is 4.74 Å². The fraction of sp³-hybridized carbons (Fsp3) is 0.200. The van der Waals surface area contributed by atoms with E-state index in [1.54, 1.807) is 0 Å². The number of hydrogen-bond acceptors (Lipinski definition) is 3. The lowest BCUT2D eigenvalue weighted by Crippen LogP contribution is -1.95. The maximum atomic E-state index is 5.88. The van der Waals surface area contributed by atoms with Gasteiger partial charge in [0.05, 0.1) is 6.61 Å². The van der Waals surface area contributed by atoms with Crippen LogP contribution in [0.1, 0.15) is 12.5 Å². The third-order valence-electron chi connectivity index (χ3n) is 2.73. The lowest BCUT2D eigenvalue weighted by Gasteiger charge is -2.09. The number of anilines is 3. The van der Waals surface area contributed by atoms with Crippen LogP contribution in [0.15, 0.2) is 42.5 Å². The summed E-state index contributed by atoms with van der Waals surface area (Å²) in [7, 11) is 0. The molecule has 3 nitrogen and oxygen atoms in total. The SMILES string of the molecule is CCOc1ccc(Nc2ccc(C)c(N)c2)cc1. The van der Waals surface area contributed by atoms with E-state index in [-0.39, 0.29) is 0 Å². The highest BCUT2D eigenvalue weighted by Gasteiger charge is 1.98. The highest BCUT2D eigenvalue weighted by Crippen LogP contribution is 2.22. The smallest absolute Gasteiger partial charge is 0.119 e. The molecule has 0 spiro atoms. The second-order valence-electron chi connectivity index (χ2n) is 4.15. The molecule has 0 aromatic heterocycles.